The highest BCUT2D eigenvalue weighted by Crippen LogP contribution is 2.45. The molecular weight excluding hydrogens is 296 g/mol. The lowest BCUT2D eigenvalue weighted by Crippen LogP contribution is -2.36. The van der Waals surface area contributed by atoms with E-state index in [0.717, 1.165) is 0 Å². The fraction of sp³-hybridized carbons (Fsp3) is 0.0714. The van der Waals surface area contributed by atoms with Gasteiger partial charge in [-0.3, -0.25) is 4.55 Å². The summed E-state index contributed by atoms with van der Waals surface area (Å²) in [5, 5.41) is 0.0575. The van der Waals surface area contributed by atoms with Crippen LogP contribution in [0.5, 0.6) is 0 Å². The number of fused-ring (bicyclic) bond motifs is 1. The van der Waals surface area contributed by atoms with E-state index < -0.39 is 15.1 Å². The summed E-state index contributed by atoms with van der Waals surface area (Å²) in [5.74, 6) is 0. The van der Waals surface area contributed by atoms with Crippen molar-refractivity contribution in [2.24, 2.45) is 0 Å². The van der Waals surface area contributed by atoms with Crippen molar-refractivity contribution in [3.63, 3.8) is 0 Å². The van der Waals surface area contributed by atoms with Crippen LogP contribution in [0.15, 0.2) is 54.6 Å². The summed E-state index contributed by atoms with van der Waals surface area (Å²) < 4.78 is 39.3. The molecule has 0 fully saturated rings. The van der Waals surface area contributed by atoms with Crippen molar-refractivity contribution in [1.82, 2.24) is 0 Å². The molecule has 6 heteroatoms. The molecule has 1 unspecified atom stereocenters. The lowest BCUT2D eigenvalue weighted by Gasteiger charge is -2.26. The van der Waals surface area contributed by atoms with Crippen molar-refractivity contribution in [3.8, 4) is 0 Å². The van der Waals surface area contributed by atoms with Crippen LogP contribution < -0.4 is 0 Å². The van der Waals surface area contributed by atoms with Gasteiger partial charge < -0.3 is 4.74 Å². The summed E-state index contributed by atoms with van der Waals surface area (Å²) in [6, 6.07) is 14.9. The van der Waals surface area contributed by atoms with Gasteiger partial charge in [0.15, 0.2) is 5.05 Å². The van der Waals surface area contributed by atoms with E-state index in [2.05, 4.69) is 0 Å². The van der Waals surface area contributed by atoms with E-state index >= 15 is 0 Å². The monoisotopic (exact) mass is 306 g/mol. The fourth-order valence-corrected chi connectivity index (χ4v) is 3.84. The van der Waals surface area contributed by atoms with Crippen LogP contribution in [0.4, 0.5) is 0 Å². The predicted molar refractivity (Wildman–Crippen MR) is 78.0 cm³/mol. The Labute approximate surface area is 121 Å². The van der Waals surface area contributed by atoms with E-state index in [9.17, 15) is 13.0 Å². The fourth-order valence-electron chi connectivity index (χ4n) is 2.40. The molecule has 0 radical (unpaired) electrons. The SMILES string of the molecule is O=S(=O)(O)C1(c2ccccc2)OC(=S)c2ccccc21. The van der Waals surface area contributed by atoms with E-state index in [1.807, 2.05) is 0 Å². The Morgan fingerprint density at radius 1 is 1.00 bits per heavy atom. The van der Waals surface area contributed by atoms with Crippen LogP contribution in [-0.4, -0.2) is 18.0 Å². The molecule has 102 valence electrons. The Hall–Kier alpha value is -1.76. The maximum Gasteiger partial charge on any atom is 0.315 e. The van der Waals surface area contributed by atoms with Crippen LogP contribution in [0.3, 0.4) is 0 Å². The summed E-state index contributed by atoms with van der Waals surface area (Å²) in [6.07, 6.45) is 0. The van der Waals surface area contributed by atoms with Gasteiger partial charge in [0.05, 0.1) is 0 Å². The molecule has 1 N–H and O–H groups in total. The number of rotatable bonds is 2. The van der Waals surface area contributed by atoms with Gasteiger partial charge in [0.1, 0.15) is 0 Å². The van der Waals surface area contributed by atoms with Crippen LogP contribution in [0.1, 0.15) is 16.7 Å². The molecule has 1 aliphatic heterocycles. The first-order valence-corrected chi connectivity index (χ1v) is 7.67. The highest BCUT2D eigenvalue weighted by Gasteiger charge is 2.55. The van der Waals surface area contributed by atoms with Crippen molar-refractivity contribution >= 4 is 27.4 Å². The molecule has 0 spiro atoms. The molecule has 1 heterocycles. The van der Waals surface area contributed by atoms with Crippen LogP contribution in [0.2, 0.25) is 0 Å². The van der Waals surface area contributed by atoms with Gasteiger partial charge in [-0.15, -0.1) is 0 Å². The lowest BCUT2D eigenvalue weighted by molar-refractivity contribution is 0.189. The molecule has 0 saturated heterocycles. The van der Waals surface area contributed by atoms with Gasteiger partial charge in [-0.25, -0.2) is 0 Å². The minimum atomic E-state index is -4.57. The molecule has 1 aliphatic rings. The largest absolute Gasteiger partial charge is 0.449 e. The normalized spacial score (nSPS) is 21.4. The number of ether oxygens (including phenoxy) is 1. The summed E-state index contributed by atoms with van der Waals surface area (Å²) in [4.78, 5) is -1.98. The molecule has 0 amide bonds. The summed E-state index contributed by atoms with van der Waals surface area (Å²) >= 11 is 5.09. The van der Waals surface area contributed by atoms with Crippen molar-refractivity contribution in [2.75, 3.05) is 0 Å². The average Bonchev–Trinajstić information content (AvgIpc) is 2.75. The molecule has 0 saturated carbocycles. The predicted octanol–water partition coefficient (Wildman–Crippen LogP) is 2.48. The number of hydrogen-bond donors (Lipinski definition) is 1. The van der Waals surface area contributed by atoms with Crippen LogP contribution in [0, 0.1) is 0 Å². The Kier molecular flexibility index (Phi) is 2.89. The minimum Gasteiger partial charge on any atom is -0.449 e. The molecule has 3 rings (SSSR count). The molecular formula is C14H10O4S2. The van der Waals surface area contributed by atoms with Gasteiger partial charge >= 0.3 is 10.1 Å². The van der Waals surface area contributed by atoms with Crippen LogP contribution >= 0.6 is 12.2 Å². The molecule has 0 aromatic heterocycles. The molecule has 2 aromatic rings. The number of thiocarbonyl (C=S) groups is 1. The highest BCUT2D eigenvalue weighted by molar-refractivity contribution is 7.87. The third kappa shape index (κ3) is 1.69. The van der Waals surface area contributed by atoms with E-state index in [0.29, 0.717) is 16.7 Å². The third-order valence-electron chi connectivity index (χ3n) is 3.26. The zero-order valence-corrected chi connectivity index (χ0v) is 11.8. The maximum atomic E-state index is 12.0. The van der Waals surface area contributed by atoms with Crippen molar-refractivity contribution in [2.45, 2.75) is 4.93 Å². The Balaban J connectivity index is 2.40. The zero-order chi connectivity index (χ0) is 14.4. The van der Waals surface area contributed by atoms with E-state index in [1.165, 1.54) is 0 Å². The van der Waals surface area contributed by atoms with E-state index in [1.54, 1.807) is 54.6 Å². The second-order valence-corrected chi connectivity index (χ2v) is 6.29. The minimum absolute atomic E-state index is 0.0575. The quantitative estimate of drug-likeness (QED) is 0.682. The van der Waals surface area contributed by atoms with Gasteiger partial charge in [-0.05, 0) is 18.3 Å². The first kappa shape index (κ1) is 13.2. The van der Waals surface area contributed by atoms with Crippen LogP contribution in [0.25, 0.3) is 0 Å². The number of hydrogen-bond acceptors (Lipinski definition) is 4. The smallest absolute Gasteiger partial charge is 0.315 e. The molecule has 20 heavy (non-hydrogen) atoms. The Morgan fingerprint density at radius 3 is 2.25 bits per heavy atom. The Bertz CT molecular complexity index is 784. The van der Waals surface area contributed by atoms with Gasteiger partial charge in [0.25, 0.3) is 4.93 Å². The van der Waals surface area contributed by atoms with E-state index in [4.69, 9.17) is 17.0 Å². The van der Waals surface area contributed by atoms with Crippen molar-refractivity contribution in [1.29, 1.82) is 0 Å². The van der Waals surface area contributed by atoms with Crippen molar-refractivity contribution < 1.29 is 17.7 Å². The second-order valence-electron chi connectivity index (χ2n) is 4.39. The van der Waals surface area contributed by atoms with Crippen LogP contribution in [-0.2, 0) is 19.8 Å². The Morgan fingerprint density at radius 2 is 1.60 bits per heavy atom. The molecule has 1 atom stereocenters. The van der Waals surface area contributed by atoms with Gasteiger partial charge in [0, 0.05) is 16.7 Å². The summed E-state index contributed by atoms with van der Waals surface area (Å²) in [7, 11) is -4.57. The van der Waals surface area contributed by atoms with Gasteiger partial charge in [-0.1, -0.05) is 48.5 Å². The maximum absolute atomic E-state index is 12.0. The highest BCUT2D eigenvalue weighted by atomic mass is 32.2. The summed E-state index contributed by atoms with van der Waals surface area (Å²) in [6.45, 7) is 0. The standard InChI is InChI=1S/C14H10O4S2/c15-20(16,17)14(10-6-2-1-3-7-10)12-9-5-4-8-11(12)13(19)18-14/h1-9H,(H,15,16,17). The third-order valence-corrected chi connectivity index (χ3v) is 4.82. The van der Waals surface area contributed by atoms with E-state index in [-0.39, 0.29) is 5.05 Å². The lowest BCUT2D eigenvalue weighted by atomic mass is 9.99. The first-order valence-electron chi connectivity index (χ1n) is 5.82. The molecule has 4 nitrogen and oxygen atoms in total. The van der Waals surface area contributed by atoms with Crippen molar-refractivity contribution in [3.05, 3.63) is 71.3 Å². The molecule has 0 aliphatic carbocycles. The topological polar surface area (TPSA) is 63.6 Å². The zero-order valence-electron chi connectivity index (χ0n) is 10.2. The van der Waals surface area contributed by atoms with Gasteiger partial charge in [-0.2, -0.15) is 8.42 Å². The summed E-state index contributed by atoms with van der Waals surface area (Å²) in [5.41, 5.74) is 1.15. The van der Waals surface area contributed by atoms with Gasteiger partial charge in [0.2, 0.25) is 0 Å². The number of benzene rings is 2. The second kappa shape index (κ2) is 4.37. The molecule has 0 bridgehead atoms. The first-order chi connectivity index (χ1) is 9.47. The molecule has 2 aromatic carbocycles. The average molecular weight is 306 g/mol.